The first-order chi connectivity index (χ1) is 19.2. The standard InChI is InChI=1S/C32H41FN2O5/c1-4-6-13-27(18-25-14-16-28(33)17-15-25)32(39)40-22-23(3)34-31(38)26(10-5-2)20-30(37)35-29(21-36)19-24-11-8-7-9-12-24/h4-5,7-9,11-12,14-17,23,26-27,29,36H,1-2,6,10,13,18-22H2,3H3,(H,34,38)(H,35,37)/t23-,26-,27-,29+/m0/s1. The molecule has 0 saturated heterocycles. The van der Waals surface area contributed by atoms with Gasteiger partial charge in [-0.3, -0.25) is 14.4 Å². The lowest BCUT2D eigenvalue weighted by Gasteiger charge is -2.22. The monoisotopic (exact) mass is 552 g/mol. The molecule has 2 aromatic rings. The maximum absolute atomic E-state index is 13.2. The zero-order valence-corrected chi connectivity index (χ0v) is 23.2. The van der Waals surface area contributed by atoms with E-state index in [1.807, 2.05) is 30.3 Å². The molecule has 0 aliphatic heterocycles. The Morgan fingerprint density at radius 3 is 2.25 bits per heavy atom. The predicted octanol–water partition coefficient (Wildman–Crippen LogP) is 4.30. The van der Waals surface area contributed by atoms with Gasteiger partial charge in [-0.25, -0.2) is 4.39 Å². The van der Waals surface area contributed by atoms with Gasteiger partial charge < -0.3 is 20.5 Å². The minimum Gasteiger partial charge on any atom is -0.463 e. The van der Waals surface area contributed by atoms with Crippen LogP contribution in [0.25, 0.3) is 0 Å². The van der Waals surface area contributed by atoms with E-state index in [0.717, 1.165) is 11.1 Å². The van der Waals surface area contributed by atoms with Gasteiger partial charge >= 0.3 is 5.97 Å². The molecule has 0 aliphatic rings. The number of hydrogen-bond donors (Lipinski definition) is 3. The lowest BCUT2D eigenvalue weighted by molar-refractivity contribution is -0.150. The third kappa shape index (κ3) is 11.9. The lowest BCUT2D eigenvalue weighted by atomic mass is 9.95. The van der Waals surface area contributed by atoms with Crippen LogP contribution in [0.2, 0.25) is 0 Å². The smallest absolute Gasteiger partial charge is 0.309 e. The Morgan fingerprint density at radius 2 is 1.62 bits per heavy atom. The molecule has 0 saturated carbocycles. The van der Waals surface area contributed by atoms with Crippen molar-refractivity contribution in [3.63, 3.8) is 0 Å². The quantitative estimate of drug-likeness (QED) is 0.189. The van der Waals surface area contributed by atoms with Crippen LogP contribution in [0.1, 0.15) is 43.7 Å². The van der Waals surface area contributed by atoms with Gasteiger partial charge in [0.05, 0.1) is 30.5 Å². The Labute approximate surface area is 236 Å². The molecule has 0 radical (unpaired) electrons. The summed E-state index contributed by atoms with van der Waals surface area (Å²) in [5.41, 5.74) is 1.81. The lowest BCUT2D eigenvalue weighted by Crippen LogP contribution is -2.44. The highest BCUT2D eigenvalue weighted by Gasteiger charge is 2.25. The first-order valence-corrected chi connectivity index (χ1v) is 13.6. The molecule has 0 aromatic heterocycles. The van der Waals surface area contributed by atoms with Gasteiger partial charge in [-0.15, -0.1) is 13.2 Å². The third-order valence-corrected chi connectivity index (χ3v) is 6.48. The highest BCUT2D eigenvalue weighted by molar-refractivity contribution is 5.86. The van der Waals surface area contributed by atoms with Gasteiger partial charge in [0.25, 0.3) is 0 Å². The molecule has 8 heteroatoms. The van der Waals surface area contributed by atoms with Crippen LogP contribution in [-0.2, 0) is 32.0 Å². The zero-order chi connectivity index (χ0) is 29.3. The Balaban J connectivity index is 1.88. The second-order valence-electron chi connectivity index (χ2n) is 10.00. The first-order valence-electron chi connectivity index (χ1n) is 13.6. The normalized spacial score (nSPS) is 13.8. The largest absolute Gasteiger partial charge is 0.463 e. The van der Waals surface area contributed by atoms with Crippen molar-refractivity contribution in [2.75, 3.05) is 13.2 Å². The molecule has 0 spiro atoms. The number of carbonyl (C=O) groups excluding carboxylic acids is 3. The molecule has 0 unspecified atom stereocenters. The van der Waals surface area contributed by atoms with Crippen LogP contribution < -0.4 is 10.6 Å². The van der Waals surface area contributed by atoms with Crippen molar-refractivity contribution in [2.24, 2.45) is 11.8 Å². The van der Waals surface area contributed by atoms with E-state index in [-0.39, 0.29) is 43.7 Å². The Kier molecular flexibility index (Phi) is 14.4. The second-order valence-corrected chi connectivity index (χ2v) is 10.00. The van der Waals surface area contributed by atoms with E-state index in [1.165, 1.54) is 12.1 Å². The van der Waals surface area contributed by atoms with Crippen molar-refractivity contribution in [1.82, 2.24) is 10.6 Å². The SMILES string of the molecule is C=CCC[C@@H](Cc1ccc(F)cc1)C(=O)OC[C@H](C)NC(=O)[C@@H](CC=C)CC(=O)N[C@@H](CO)Cc1ccccc1. The van der Waals surface area contributed by atoms with Gasteiger partial charge in [0.1, 0.15) is 12.4 Å². The fraction of sp³-hybridized carbons (Fsp3) is 0.406. The first kappa shape index (κ1) is 32.4. The van der Waals surface area contributed by atoms with Gasteiger partial charge in [-0.2, -0.15) is 0 Å². The summed E-state index contributed by atoms with van der Waals surface area (Å²) < 4.78 is 18.8. The van der Waals surface area contributed by atoms with Gasteiger partial charge in [-0.05, 0) is 62.3 Å². The molecule has 0 fully saturated rings. The van der Waals surface area contributed by atoms with Gasteiger partial charge in [0.15, 0.2) is 0 Å². The van der Waals surface area contributed by atoms with E-state index in [1.54, 1.807) is 31.2 Å². The van der Waals surface area contributed by atoms with E-state index in [0.29, 0.717) is 25.7 Å². The number of carbonyl (C=O) groups is 3. The van der Waals surface area contributed by atoms with Gasteiger partial charge in [0.2, 0.25) is 11.8 Å². The molecular weight excluding hydrogens is 511 g/mol. The predicted molar refractivity (Wildman–Crippen MR) is 154 cm³/mol. The molecule has 7 nitrogen and oxygen atoms in total. The van der Waals surface area contributed by atoms with E-state index in [9.17, 15) is 23.9 Å². The van der Waals surface area contributed by atoms with Crippen LogP contribution in [0.15, 0.2) is 79.9 Å². The summed E-state index contributed by atoms with van der Waals surface area (Å²) in [5.74, 6) is -2.53. The van der Waals surface area contributed by atoms with Crippen LogP contribution in [-0.4, -0.2) is 48.2 Å². The molecule has 0 aliphatic carbocycles. The summed E-state index contributed by atoms with van der Waals surface area (Å²) in [7, 11) is 0. The molecule has 2 aromatic carbocycles. The number of hydrogen-bond acceptors (Lipinski definition) is 5. The van der Waals surface area contributed by atoms with Crippen LogP contribution >= 0.6 is 0 Å². The van der Waals surface area contributed by atoms with Crippen molar-refractivity contribution in [3.05, 3.63) is 96.9 Å². The van der Waals surface area contributed by atoms with E-state index in [4.69, 9.17) is 4.74 Å². The topological polar surface area (TPSA) is 105 Å². The number of aliphatic hydroxyl groups is 1. The molecule has 3 N–H and O–H groups in total. The number of allylic oxidation sites excluding steroid dienone is 2. The number of nitrogens with one attached hydrogen (secondary N) is 2. The van der Waals surface area contributed by atoms with Crippen molar-refractivity contribution in [2.45, 2.75) is 57.5 Å². The summed E-state index contributed by atoms with van der Waals surface area (Å²) in [5, 5.41) is 15.3. The summed E-state index contributed by atoms with van der Waals surface area (Å²) in [6.07, 6.45) is 5.56. The minimum atomic E-state index is -0.662. The zero-order valence-electron chi connectivity index (χ0n) is 23.2. The van der Waals surface area contributed by atoms with Gasteiger partial charge in [-0.1, -0.05) is 54.6 Å². The fourth-order valence-electron chi connectivity index (χ4n) is 4.31. The maximum Gasteiger partial charge on any atom is 0.309 e. The maximum atomic E-state index is 13.2. The molecule has 4 atom stereocenters. The summed E-state index contributed by atoms with van der Waals surface area (Å²) in [6, 6.07) is 14.6. The number of rotatable bonds is 18. The van der Waals surface area contributed by atoms with E-state index < -0.39 is 29.9 Å². The summed E-state index contributed by atoms with van der Waals surface area (Å²) in [6.45, 7) is 8.87. The minimum absolute atomic E-state index is 0.0325. The Bertz CT molecular complexity index is 1090. The molecule has 40 heavy (non-hydrogen) atoms. The number of esters is 1. The molecule has 216 valence electrons. The third-order valence-electron chi connectivity index (χ3n) is 6.48. The molecule has 2 rings (SSSR count). The highest BCUT2D eigenvalue weighted by atomic mass is 19.1. The van der Waals surface area contributed by atoms with Crippen molar-refractivity contribution in [1.29, 1.82) is 0 Å². The van der Waals surface area contributed by atoms with Crippen LogP contribution in [0, 0.1) is 17.7 Å². The average molecular weight is 553 g/mol. The number of benzene rings is 2. The summed E-state index contributed by atoms with van der Waals surface area (Å²) >= 11 is 0. The fourth-order valence-corrected chi connectivity index (χ4v) is 4.31. The Morgan fingerprint density at radius 1 is 0.950 bits per heavy atom. The number of ether oxygens (including phenoxy) is 1. The van der Waals surface area contributed by atoms with Crippen LogP contribution in [0.3, 0.4) is 0 Å². The van der Waals surface area contributed by atoms with Crippen LogP contribution in [0.5, 0.6) is 0 Å². The molecular formula is C32H41FN2O5. The van der Waals surface area contributed by atoms with Crippen molar-refractivity contribution < 1.29 is 28.6 Å². The second kappa shape index (κ2) is 17.7. The van der Waals surface area contributed by atoms with Crippen LogP contribution in [0.4, 0.5) is 4.39 Å². The average Bonchev–Trinajstić information content (AvgIpc) is 2.94. The van der Waals surface area contributed by atoms with Crippen molar-refractivity contribution in [3.8, 4) is 0 Å². The molecule has 0 heterocycles. The molecule has 0 bridgehead atoms. The summed E-state index contributed by atoms with van der Waals surface area (Å²) in [4.78, 5) is 38.5. The van der Waals surface area contributed by atoms with Crippen molar-refractivity contribution >= 4 is 17.8 Å². The molecule has 2 amide bonds. The van der Waals surface area contributed by atoms with E-state index in [2.05, 4.69) is 23.8 Å². The number of halogens is 1. The van der Waals surface area contributed by atoms with Gasteiger partial charge in [0, 0.05) is 6.42 Å². The number of aliphatic hydroxyl groups excluding tert-OH is 1. The number of amides is 2. The highest BCUT2D eigenvalue weighted by Crippen LogP contribution is 2.18. The van der Waals surface area contributed by atoms with E-state index >= 15 is 0 Å². The Hall–Kier alpha value is -3.78.